The van der Waals surface area contributed by atoms with Gasteiger partial charge in [0.15, 0.2) is 5.09 Å². The van der Waals surface area contributed by atoms with Gasteiger partial charge in [0.1, 0.15) is 22.1 Å². The Morgan fingerprint density at radius 3 is 2.30 bits per heavy atom. The molecule has 5 nitrogen and oxygen atoms in total. The number of oxazole rings is 1. The van der Waals surface area contributed by atoms with Crippen LogP contribution in [0.25, 0.3) is 22.7 Å². The molecule has 1 N–H and O–H groups in total. The summed E-state index contributed by atoms with van der Waals surface area (Å²) >= 11 is 7.22. The zero-order valence-electron chi connectivity index (χ0n) is 16.1. The summed E-state index contributed by atoms with van der Waals surface area (Å²) in [5.74, 6) is 0.0185. The molecule has 0 spiro atoms. The van der Waals surface area contributed by atoms with Crippen LogP contribution in [0.1, 0.15) is 19.5 Å². The lowest BCUT2D eigenvalue weighted by Gasteiger charge is -2.16. The van der Waals surface area contributed by atoms with Gasteiger partial charge in [-0.25, -0.2) is 14.4 Å². The minimum Gasteiger partial charge on any atom is -0.429 e. The number of benzene rings is 1. The molecule has 0 aliphatic rings. The van der Waals surface area contributed by atoms with Gasteiger partial charge in [-0.3, -0.25) is 4.98 Å². The standard InChI is InChI=1S/C22H17ClFN3O2S/c1-22(2,28)17-9-5-14(11-25-17)19-21(30-18-10-6-15(23)12-26-18)29-20(27-19)13-3-7-16(24)8-4-13/h3-12,28H,1-2H3. The van der Waals surface area contributed by atoms with Gasteiger partial charge >= 0.3 is 0 Å². The Balaban J connectivity index is 1.76. The zero-order valence-corrected chi connectivity index (χ0v) is 17.7. The minimum absolute atomic E-state index is 0.336. The highest BCUT2D eigenvalue weighted by molar-refractivity contribution is 7.99. The third kappa shape index (κ3) is 4.53. The molecule has 0 unspecified atom stereocenters. The topological polar surface area (TPSA) is 72.0 Å². The molecule has 152 valence electrons. The normalized spacial score (nSPS) is 11.6. The monoisotopic (exact) mass is 441 g/mol. The quantitative estimate of drug-likeness (QED) is 0.411. The number of nitrogens with zero attached hydrogens (tertiary/aromatic N) is 3. The zero-order chi connectivity index (χ0) is 21.3. The number of halogens is 2. The van der Waals surface area contributed by atoms with Gasteiger partial charge < -0.3 is 9.52 Å². The van der Waals surface area contributed by atoms with Crippen LogP contribution in [-0.2, 0) is 5.60 Å². The Bertz CT molecular complexity index is 1160. The summed E-state index contributed by atoms with van der Waals surface area (Å²) in [6.45, 7) is 3.34. The van der Waals surface area contributed by atoms with E-state index in [9.17, 15) is 9.50 Å². The Morgan fingerprint density at radius 2 is 1.70 bits per heavy atom. The molecule has 0 saturated heterocycles. The maximum atomic E-state index is 13.3. The molecule has 0 bridgehead atoms. The maximum Gasteiger partial charge on any atom is 0.228 e. The number of rotatable bonds is 5. The Kier molecular flexibility index (Phi) is 5.60. The van der Waals surface area contributed by atoms with Crippen molar-refractivity contribution in [1.82, 2.24) is 15.0 Å². The molecule has 0 amide bonds. The van der Waals surface area contributed by atoms with Crippen molar-refractivity contribution < 1.29 is 13.9 Å². The van der Waals surface area contributed by atoms with Crippen molar-refractivity contribution in [1.29, 1.82) is 0 Å². The van der Waals surface area contributed by atoms with Gasteiger partial charge in [-0.1, -0.05) is 11.6 Å². The van der Waals surface area contributed by atoms with E-state index in [1.807, 2.05) is 6.07 Å². The molecule has 4 rings (SSSR count). The number of hydrogen-bond donors (Lipinski definition) is 1. The fraction of sp³-hybridized carbons (Fsp3) is 0.136. The van der Waals surface area contributed by atoms with Gasteiger partial charge in [-0.05, 0) is 74.1 Å². The minimum atomic E-state index is -1.05. The molecule has 3 heterocycles. The molecule has 0 fully saturated rings. The second-order valence-electron chi connectivity index (χ2n) is 7.07. The van der Waals surface area contributed by atoms with Crippen LogP contribution < -0.4 is 0 Å². The van der Waals surface area contributed by atoms with Gasteiger partial charge in [-0.15, -0.1) is 0 Å². The SMILES string of the molecule is CC(C)(O)c1ccc(-c2nc(-c3ccc(F)cc3)oc2Sc2ccc(Cl)cn2)cn1. The van der Waals surface area contributed by atoms with Crippen LogP contribution in [0, 0.1) is 5.82 Å². The highest BCUT2D eigenvalue weighted by Gasteiger charge is 2.21. The predicted octanol–water partition coefficient (Wildman–Crippen LogP) is 5.97. The van der Waals surface area contributed by atoms with Crippen LogP contribution in [0.5, 0.6) is 0 Å². The molecule has 0 aliphatic carbocycles. The molecule has 30 heavy (non-hydrogen) atoms. The lowest BCUT2D eigenvalue weighted by molar-refractivity contribution is 0.0739. The second kappa shape index (κ2) is 8.18. The molecule has 0 radical (unpaired) electrons. The molecule has 8 heteroatoms. The van der Waals surface area contributed by atoms with E-state index in [-0.39, 0.29) is 5.82 Å². The average Bonchev–Trinajstić information content (AvgIpc) is 3.13. The third-order valence-electron chi connectivity index (χ3n) is 4.25. The summed E-state index contributed by atoms with van der Waals surface area (Å²) in [4.78, 5) is 13.3. The van der Waals surface area contributed by atoms with Crippen molar-refractivity contribution in [3.05, 3.63) is 77.5 Å². The summed E-state index contributed by atoms with van der Waals surface area (Å²) in [5.41, 5.74) is 1.44. The first kappa shape index (κ1) is 20.5. The largest absolute Gasteiger partial charge is 0.429 e. The van der Waals surface area contributed by atoms with Crippen LogP contribution in [0.15, 0.2) is 75.5 Å². The van der Waals surface area contributed by atoms with E-state index in [1.165, 1.54) is 23.9 Å². The van der Waals surface area contributed by atoms with E-state index in [0.717, 1.165) is 5.56 Å². The molecule has 3 aromatic heterocycles. The summed E-state index contributed by atoms with van der Waals surface area (Å²) in [7, 11) is 0. The van der Waals surface area contributed by atoms with E-state index in [0.29, 0.717) is 38.0 Å². The molecule has 4 aromatic rings. The molecule has 0 aliphatic heterocycles. The first-order valence-electron chi connectivity index (χ1n) is 9.05. The molecule has 1 aromatic carbocycles. The fourth-order valence-electron chi connectivity index (χ4n) is 2.69. The summed E-state index contributed by atoms with van der Waals surface area (Å²) in [6.07, 6.45) is 3.19. The van der Waals surface area contributed by atoms with Gasteiger partial charge in [-0.2, -0.15) is 0 Å². The molecule has 0 atom stereocenters. The second-order valence-corrected chi connectivity index (χ2v) is 8.50. The van der Waals surface area contributed by atoms with Crippen LogP contribution in [0.3, 0.4) is 0 Å². The molecular formula is C22H17ClFN3O2S. The van der Waals surface area contributed by atoms with Crippen LogP contribution >= 0.6 is 23.4 Å². The maximum absolute atomic E-state index is 13.3. The molecule has 0 saturated carbocycles. The predicted molar refractivity (Wildman–Crippen MR) is 114 cm³/mol. The third-order valence-corrected chi connectivity index (χ3v) is 5.38. The van der Waals surface area contributed by atoms with Gasteiger partial charge in [0, 0.05) is 23.5 Å². The summed E-state index contributed by atoms with van der Waals surface area (Å²) in [6, 6.07) is 13.0. The van der Waals surface area contributed by atoms with E-state index >= 15 is 0 Å². The van der Waals surface area contributed by atoms with Crippen molar-refractivity contribution in [3.8, 4) is 22.7 Å². The first-order valence-corrected chi connectivity index (χ1v) is 10.2. The number of pyridine rings is 2. The van der Waals surface area contributed by atoms with E-state index in [1.54, 1.807) is 56.6 Å². The van der Waals surface area contributed by atoms with E-state index in [4.69, 9.17) is 16.0 Å². The Labute approximate surface area is 182 Å². The van der Waals surface area contributed by atoms with Crippen molar-refractivity contribution >= 4 is 23.4 Å². The highest BCUT2D eigenvalue weighted by Crippen LogP contribution is 2.38. The van der Waals surface area contributed by atoms with Crippen molar-refractivity contribution in [2.45, 2.75) is 29.6 Å². The number of hydrogen-bond acceptors (Lipinski definition) is 6. The van der Waals surface area contributed by atoms with E-state index < -0.39 is 5.60 Å². The van der Waals surface area contributed by atoms with Crippen LogP contribution in [0.4, 0.5) is 4.39 Å². The summed E-state index contributed by atoms with van der Waals surface area (Å²) in [5, 5.41) is 11.9. The van der Waals surface area contributed by atoms with Crippen molar-refractivity contribution in [3.63, 3.8) is 0 Å². The first-order chi connectivity index (χ1) is 14.3. The number of aromatic nitrogens is 3. The van der Waals surface area contributed by atoms with Crippen LogP contribution in [0.2, 0.25) is 5.02 Å². The number of aliphatic hydroxyl groups is 1. The van der Waals surface area contributed by atoms with Gasteiger partial charge in [0.05, 0.1) is 10.7 Å². The highest BCUT2D eigenvalue weighted by atomic mass is 35.5. The average molecular weight is 442 g/mol. The van der Waals surface area contributed by atoms with Crippen molar-refractivity contribution in [2.24, 2.45) is 0 Å². The fourth-order valence-corrected chi connectivity index (χ4v) is 3.61. The van der Waals surface area contributed by atoms with Gasteiger partial charge in [0.25, 0.3) is 0 Å². The Morgan fingerprint density at radius 1 is 0.967 bits per heavy atom. The smallest absolute Gasteiger partial charge is 0.228 e. The Hall–Kier alpha value is -2.74. The van der Waals surface area contributed by atoms with Crippen molar-refractivity contribution in [2.75, 3.05) is 0 Å². The molecular weight excluding hydrogens is 425 g/mol. The lowest BCUT2D eigenvalue weighted by Crippen LogP contribution is -2.17. The summed E-state index contributed by atoms with van der Waals surface area (Å²) < 4.78 is 19.3. The van der Waals surface area contributed by atoms with Gasteiger partial charge in [0.2, 0.25) is 5.89 Å². The van der Waals surface area contributed by atoms with E-state index in [2.05, 4.69) is 15.0 Å². The lowest BCUT2D eigenvalue weighted by atomic mass is 10.0. The van der Waals surface area contributed by atoms with Crippen LogP contribution in [-0.4, -0.2) is 20.1 Å².